The van der Waals surface area contributed by atoms with Gasteiger partial charge in [-0.25, -0.2) is 4.39 Å². The summed E-state index contributed by atoms with van der Waals surface area (Å²) in [6.45, 7) is 1.66. The van der Waals surface area contributed by atoms with Gasteiger partial charge in [0.2, 0.25) is 5.91 Å². The maximum absolute atomic E-state index is 13.3. The lowest BCUT2D eigenvalue weighted by Crippen LogP contribution is -2.28. The second-order valence-corrected chi connectivity index (χ2v) is 6.23. The topological polar surface area (TPSA) is 45.3 Å². The zero-order valence-electron chi connectivity index (χ0n) is 13.8. The van der Waals surface area contributed by atoms with E-state index < -0.39 is 0 Å². The van der Waals surface area contributed by atoms with Gasteiger partial charge in [-0.15, -0.1) is 0 Å². The molecule has 0 aliphatic carbocycles. The van der Waals surface area contributed by atoms with Gasteiger partial charge in [0.1, 0.15) is 12.5 Å². The Kier molecular flexibility index (Phi) is 4.24. The zero-order chi connectivity index (χ0) is 17.2. The van der Waals surface area contributed by atoms with E-state index in [9.17, 15) is 9.18 Å². The number of hydrogen-bond donors (Lipinski definition) is 1. The lowest BCUT2D eigenvalue weighted by Gasteiger charge is -2.13. The van der Waals surface area contributed by atoms with Gasteiger partial charge >= 0.3 is 0 Å². The first-order valence-electron chi connectivity index (χ1n) is 8.43. The van der Waals surface area contributed by atoms with Gasteiger partial charge in [0, 0.05) is 29.6 Å². The normalized spacial score (nSPS) is 14.4. The van der Waals surface area contributed by atoms with Gasteiger partial charge in [-0.2, -0.15) is 0 Å². The molecule has 128 valence electrons. The van der Waals surface area contributed by atoms with Gasteiger partial charge in [0.15, 0.2) is 0 Å². The molecule has 0 bridgehead atoms. The number of hydrogen-bond acceptors (Lipinski definition) is 2. The molecule has 25 heavy (non-hydrogen) atoms. The van der Waals surface area contributed by atoms with E-state index in [2.05, 4.69) is 11.1 Å². The molecule has 0 radical (unpaired) electrons. The number of benzene rings is 2. The van der Waals surface area contributed by atoms with Crippen LogP contribution in [0.2, 0.25) is 0 Å². The van der Waals surface area contributed by atoms with Gasteiger partial charge in [-0.1, -0.05) is 18.2 Å². The molecule has 1 aromatic heterocycles. The van der Waals surface area contributed by atoms with Crippen LogP contribution in [0.4, 0.5) is 4.39 Å². The Hall–Kier alpha value is -2.66. The number of aromatic nitrogens is 1. The average Bonchev–Trinajstić information content (AvgIpc) is 3.28. The third-order valence-electron chi connectivity index (χ3n) is 4.64. The summed E-state index contributed by atoms with van der Waals surface area (Å²) < 4.78 is 18.5. The van der Waals surface area contributed by atoms with Crippen molar-refractivity contribution in [3.63, 3.8) is 0 Å². The second-order valence-electron chi connectivity index (χ2n) is 6.23. The summed E-state index contributed by atoms with van der Waals surface area (Å²) >= 11 is 0. The molecule has 2 aromatic carbocycles. The SMILES string of the molecule is O=C(CCc1c(-c2ccc(F)cc2)[nH]c2ccccc12)N1CCOC1. The molecule has 1 amide bonds. The molecule has 4 nitrogen and oxygen atoms in total. The zero-order valence-corrected chi connectivity index (χ0v) is 13.8. The molecule has 1 aliphatic heterocycles. The van der Waals surface area contributed by atoms with Crippen LogP contribution in [0.3, 0.4) is 0 Å². The van der Waals surface area contributed by atoms with Crippen LogP contribution in [-0.2, 0) is 16.0 Å². The van der Waals surface area contributed by atoms with E-state index >= 15 is 0 Å². The standard InChI is InChI=1S/C20H19FN2O2/c21-15-7-5-14(6-8-15)20-17(16-3-1-2-4-18(16)22-20)9-10-19(24)23-11-12-25-13-23/h1-8,22H,9-13H2. The minimum absolute atomic E-state index is 0.104. The largest absolute Gasteiger partial charge is 0.359 e. The van der Waals surface area contributed by atoms with Crippen LogP contribution in [0, 0.1) is 5.82 Å². The van der Waals surface area contributed by atoms with Gasteiger partial charge in [0.05, 0.1) is 6.61 Å². The molecule has 0 spiro atoms. The molecule has 0 atom stereocenters. The summed E-state index contributed by atoms with van der Waals surface area (Å²) in [6.07, 6.45) is 1.06. The van der Waals surface area contributed by atoms with E-state index in [4.69, 9.17) is 4.74 Å². The number of para-hydroxylation sites is 1. The van der Waals surface area contributed by atoms with Gasteiger partial charge in [-0.3, -0.25) is 4.79 Å². The molecular weight excluding hydrogens is 319 g/mol. The fourth-order valence-corrected chi connectivity index (χ4v) is 3.32. The average molecular weight is 338 g/mol. The minimum Gasteiger partial charge on any atom is -0.359 e. The van der Waals surface area contributed by atoms with E-state index in [1.54, 1.807) is 17.0 Å². The summed E-state index contributed by atoms with van der Waals surface area (Å²) in [6, 6.07) is 14.5. The molecule has 4 rings (SSSR count). The van der Waals surface area contributed by atoms with Crippen LogP contribution in [0.1, 0.15) is 12.0 Å². The maximum atomic E-state index is 13.3. The Labute approximate surface area is 145 Å². The number of ether oxygens (including phenoxy) is 1. The van der Waals surface area contributed by atoms with Crippen LogP contribution in [0.25, 0.3) is 22.2 Å². The van der Waals surface area contributed by atoms with Crippen LogP contribution in [0.5, 0.6) is 0 Å². The van der Waals surface area contributed by atoms with Crippen LogP contribution in [0.15, 0.2) is 48.5 Å². The number of H-pyrrole nitrogens is 1. The Morgan fingerprint density at radius 1 is 1.16 bits per heavy atom. The predicted molar refractivity (Wildman–Crippen MR) is 94.5 cm³/mol. The molecule has 0 unspecified atom stereocenters. The molecule has 1 saturated heterocycles. The first-order valence-corrected chi connectivity index (χ1v) is 8.43. The van der Waals surface area contributed by atoms with Crippen molar-refractivity contribution in [2.75, 3.05) is 19.9 Å². The Morgan fingerprint density at radius 3 is 2.72 bits per heavy atom. The lowest BCUT2D eigenvalue weighted by molar-refractivity contribution is -0.131. The number of fused-ring (bicyclic) bond motifs is 1. The highest BCUT2D eigenvalue weighted by molar-refractivity contribution is 5.91. The highest BCUT2D eigenvalue weighted by Gasteiger charge is 2.20. The molecule has 5 heteroatoms. The predicted octanol–water partition coefficient (Wildman–Crippen LogP) is 3.72. The lowest BCUT2D eigenvalue weighted by atomic mass is 10.0. The summed E-state index contributed by atoms with van der Waals surface area (Å²) in [5.74, 6) is -0.154. The number of nitrogens with one attached hydrogen (secondary N) is 1. The maximum Gasteiger partial charge on any atom is 0.224 e. The summed E-state index contributed by atoms with van der Waals surface area (Å²) in [5.41, 5.74) is 3.99. The fraction of sp³-hybridized carbons (Fsp3) is 0.250. The van der Waals surface area contributed by atoms with Crippen molar-refractivity contribution in [3.05, 3.63) is 59.9 Å². The number of carbonyl (C=O) groups excluding carboxylic acids is 1. The number of nitrogens with zero attached hydrogens (tertiary/aromatic N) is 1. The van der Waals surface area contributed by atoms with Gasteiger partial charge in [0.25, 0.3) is 0 Å². The number of halogens is 1. The monoisotopic (exact) mass is 338 g/mol. The number of carbonyl (C=O) groups is 1. The molecule has 3 aromatic rings. The van der Waals surface area contributed by atoms with E-state index in [0.29, 0.717) is 32.7 Å². The van der Waals surface area contributed by atoms with Crippen molar-refractivity contribution in [1.82, 2.24) is 9.88 Å². The number of aromatic amines is 1. The second kappa shape index (κ2) is 6.69. The first kappa shape index (κ1) is 15.8. The molecule has 0 saturated carbocycles. The number of aryl methyl sites for hydroxylation is 1. The van der Waals surface area contributed by atoms with E-state index in [-0.39, 0.29) is 11.7 Å². The summed E-state index contributed by atoms with van der Waals surface area (Å²) in [7, 11) is 0. The quantitative estimate of drug-likeness (QED) is 0.788. The fourth-order valence-electron chi connectivity index (χ4n) is 3.32. The number of rotatable bonds is 4. The van der Waals surface area contributed by atoms with Crippen molar-refractivity contribution in [1.29, 1.82) is 0 Å². The molecular formula is C20H19FN2O2. The Bertz CT molecular complexity index is 896. The highest BCUT2D eigenvalue weighted by Crippen LogP contribution is 2.31. The van der Waals surface area contributed by atoms with E-state index in [0.717, 1.165) is 27.7 Å². The van der Waals surface area contributed by atoms with E-state index in [1.165, 1.54) is 12.1 Å². The van der Waals surface area contributed by atoms with Crippen LogP contribution in [-0.4, -0.2) is 35.7 Å². The molecule has 1 N–H and O–H groups in total. The van der Waals surface area contributed by atoms with Crippen molar-refractivity contribution >= 4 is 16.8 Å². The first-order chi connectivity index (χ1) is 12.2. The molecule has 1 fully saturated rings. The minimum atomic E-state index is -0.259. The third-order valence-corrected chi connectivity index (χ3v) is 4.64. The molecule has 1 aliphatic rings. The highest BCUT2D eigenvalue weighted by atomic mass is 19.1. The van der Waals surface area contributed by atoms with Gasteiger partial charge in [-0.05, 0) is 47.9 Å². The summed E-state index contributed by atoms with van der Waals surface area (Å²) in [4.78, 5) is 17.5. The van der Waals surface area contributed by atoms with Crippen molar-refractivity contribution in [2.24, 2.45) is 0 Å². The smallest absolute Gasteiger partial charge is 0.224 e. The third kappa shape index (κ3) is 3.15. The van der Waals surface area contributed by atoms with Crippen LogP contribution < -0.4 is 0 Å². The van der Waals surface area contributed by atoms with Gasteiger partial charge < -0.3 is 14.6 Å². The Balaban J connectivity index is 1.67. The van der Waals surface area contributed by atoms with Crippen molar-refractivity contribution in [3.8, 4) is 11.3 Å². The molecule has 2 heterocycles. The number of amides is 1. The Morgan fingerprint density at radius 2 is 1.96 bits per heavy atom. The summed E-state index contributed by atoms with van der Waals surface area (Å²) in [5, 5.41) is 1.10. The van der Waals surface area contributed by atoms with Crippen LogP contribution >= 0.6 is 0 Å². The van der Waals surface area contributed by atoms with Crippen molar-refractivity contribution in [2.45, 2.75) is 12.8 Å². The van der Waals surface area contributed by atoms with E-state index in [1.807, 2.05) is 18.2 Å². The van der Waals surface area contributed by atoms with Crippen molar-refractivity contribution < 1.29 is 13.9 Å².